The van der Waals surface area contributed by atoms with Gasteiger partial charge in [0.15, 0.2) is 0 Å². The van der Waals surface area contributed by atoms with Crippen molar-refractivity contribution in [3.8, 4) is 27.9 Å². The summed E-state index contributed by atoms with van der Waals surface area (Å²) in [5.74, 6) is 0. The van der Waals surface area contributed by atoms with Crippen LogP contribution in [0.25, 0.3) is 71.3 Å². The van der Waals surface area contributed by atoms with Gasteiger partial charge in [0.05, 0.1) is 11.0 Å². The summed E-state index contributed by atoms with van der Waals surface area (Å²) < 4.78 is 2.39. The van der Waals surface area contributed by atoms with Gasteiger partial charge in [-0.25, -0.2) is 0 Å². The Kier molecular flexibility index (Phi) is 4.86. The van der Waals surface area contributed by atoms with E-state index in [4.69, 9.17) is 0 Å². The van der Waals surface area contributed by atoms with E-state index in [2.05, 4.69) is 143 Å². The highest BCUT2D eigenvalue weighted by atomic mass is 15.0. The molecule has 8 rings (SSSR count). The number of para-hydroxylation sites is 2. The Bertz CT molecular complexity index is 2060. The summed E-state index contributed by atoms with van der Waals surface area (Å²) >= 11 is 0. The van der Waals surface area contributed by atoms with Gasteiger partial charge in [-0.1, -0.05) is 97.1 Å². The van der Waals surface area contributed by atoms with E-state index >= 15 is 0 Å². The van der Waals surface area contributed by atoms with Gasteiger partial charge in [0.1, 0.15) is 0 Å². The molecule has 0 aliphatic heterocycles. The van der Waals surface area contributed by atoms with E-state index in [1.54, 1.807) is 0 Å². The van der Waals surface area contributed by atoms with Gasteiger partial charge in [-0.15, -0.1) is 0 Å². The number of benzene rings is 6. The summed E-state index contributed by atoms with van der Waals surface area (Å²) in [6, 6.07) is 48.2. The fourth-order valence-corrected chi connectivity index (χ4v) is 6.27. The maximum Gasteiger partial charge on any atom is 0.0541 e. The summed E-state index contributed by atoms with van der Waals surface area (Å²) in [6.07, 6.45) is 3.75. The fraction of sp³-hybridized carbons (Fsp3) is 0. The first-order chi connectivity index (χ1) is 19.4. The van der Waals surface area contributed by atoms with E-state index in [9.17, 15) is 0 Å². The third kappa shape index (κ3) is 3.32. The van der Waals surface area contributed by atoms with Crippen molar-refractivity contribution in [1.82, 2.24) is 9.55 Å². The van der Waals surface area contributed by atoms with Crippen molar-refractivity contribution in [1.29, 1.82) is 0 Å². The fourth-order valence-electron chi connectivity index (χ4n) is 6.27. The molecule has 0 fully saturated rings. The first kappa shape index (κ1) is 21.8. The largest absolute Gasteiger partial charge is 0.309 e. The van der Waals surface area contributed by atoms with Crippen LogP contribution in [0.1, 0.15) is 0 Å². The first-order valence-electron chi connectivity index (χ1n) is 13.3. The lowest BCUT2D eigenvalue weighted by molar-refractivity contribution is 1.18. The van der Waals surface area contributed by atoms with Crippen LogP contribution in [-0.2, 0) is 0 Å². The van der Waals surface area contributed by atoms with E-state index in [1.807, 2.05) is 12.4 Å². The standard InChI is InChI=1S/C37H24N2/c1-3-16-32-30(14-1)36(25-20-22-38-23-21-25)31-15-2-4-17-33(31)37(32)26-10-9-11-27(24-26)39-34-18-7-5-12-28(34)29-13-6-8-19-35(29)39/h1-24H. The Hall–Kier alpha value is -5.21. The molecule has 0 radical (unpaired) electrons. The molecule has 2 nitrogen and oxygen atoms in total. The maximum atomic E-state index is 4.27. The molecule has 0 atom stereocenters. The summed E-state index contributed by atoms with van der Waals surface area (Å²) in [6.45, 7) is 0. The number of hydrogen-bond donors (Lipinski definition) is 0. The van der Waals surface area contributed by atoms with Gasteiger partial charge in [-0.2, -0.15) is 0 Å². The van der Waals surface area contributed by atoms with E-state index in [1.165, 1.54) is 65.6 Å². The number of hydrogen-bond acceptors (Lipinski definition) is 1. The predicted octanol–water partition coefficient (Wildman–Crippen LogP) is 9.82. The van der Waals surface area contributed by atoms with Gasteiger partial charge < -0.3 is 4.57 Å². The molecule has 0 spiro atoms. The molecule has 0 bridgehead atoms. The van der Waals surface area contributed by atoms with E-state index in [0.717, 1.165) is 5.69 Å². The van der Waals surface area contributed by atoms with Crippen LogP contribution < -0.4 is 0 Å². The number of rotatable bonds is 3. The molecule has 6 aromatic carbocycles. The second kappa shape index (κ2) is 8.68. The Morgan fingerprint density at radius 3 is 1.38 bits per heavy atom. The van der Waals surface area contributed by atoms with E-state index in [-0.39, 0.29) is 0 Å². The second-order valence-corrected chi connectivity index (χ2v) is 10.00. The van der Waals surface area contributed by atoms with Crippen LogP contribution in [0.5, 0.6) is 0 Å². The van der Waals surface area contributed by atoms with Gasteiger partial charge >= 0.3 is 0 Å². The number of nitrogens with zero attached hydrogens (tertiary/aromatic N) is 2. The van der Waals surface area contributed by atoms with Crippen LogP contribution in [0.2, 0.25) is 0 Å². The molecule has 0 N–H and O–H groups in total. The highest BCUT2D eigenvalue weighted by molar-refractivity contribution is 6.21. The molecule has 2 aromatic heterocycles. The van der Waals surface area contributed by atoms with Gasteiger partial charge in [0.25, 0.3) is 0 Å². The number of pyridine rings is 1. The molecular formula is C37H24N2. The molecular weight excluding hydrogens is 472 g/mol. The van der Waals surface area contributed by atoms with E-state index < -0.39 is 0 Å². The lowest BCUT2D eigenvalue weighted by Crippen LogP contribution is -1.95. The molecule has 2 heterocycles. The highest BCUT2D eigenvalue weighted by Crippen LogP contribution is 2.44. The average Bonchev–Trinajstić information content (AvgIpc) is 3.35. The van der Waals surface area contributed by atoms with Crippen molar-refractivity contribution in [3.63, 3.8) is 0 Å². The molecule has 39 heavy (non-hydrogen) atoms. The molecule has 0 saturated heterocycles. The Balaban J connectivity index is 1.45. The van der Waals surface area contributed by atoms with E-state index in [0.29, 0.717) is 0 Å². The second-order valence-electron chi connectivity index (χ2n) is 10.00. The van der Waals surface area contributed by atoms with Gasteiger partial charge in [0, 0.05) is 28.9 Å². The third-order valence-electron chi connectivity index (χ3n) is 7.87. The van der Waals surface area contributed by atoms with Gasteiger partial charge in [-0.3, -0.25) is 4.98 Å². The molecule has 0 amide bonds. The van der Waals surface area contributed by atoms with Crippen LogP contribution in [0, 0.1) is 0 Å². The molecule has 0 aliphatic rings. The predicted molar refractivity (Wildman–Crippen MR) is 164 cm³/mol. The van der Waals surface area contributed by atoms with Crippen LogP contribution in [0.4, 0.5) is 0 Å². The maximum absolute atomic E-state index is 4.27. The van der Waals surface area contributed by atoms with Crippen LogP contribution in [0.3, 0.4) is 0 Å². The van der Waals surface area contributed by atoms with Crippen molar-refractivity contribution < 1.29 is 0 Å². The van der Waals surface area contributed by atoms with Crippen molar-refractivity contribution >= 4 is 43.4 Å². The summed E-state index contributed by atoms with van der Waals surface area (Å²) in [4.78, 5) is 4.27. The van der Waals surface area contributed by atoms with Crippen LogP contribution in [0.15, 0.2) is 146 Å². The monoisotopic (exact) mass is 496 g/mol. The van der Waals surface area contributed by atoms with Crippen LogP contribution >= 0.6 is 0 Å². The Morgan fingerprint density at radius 2 is 0.846 bits per heavy atom. The summed E-state index contributed by atoms with van der Waals surface area (Å²) in [5.41, 5.74) is 8.52. The minimum Gasteiger partial charge on any atom is -0.309 e. The molecule has 0 saturated carbocycles. The van der Waals surface area contributed by atoms with Gasteiger partial charge in [-0.05, 0) is 80.2 Å². The number of aromatic nitrogens is 2. The quantitative estimate of drug-likeness (QED) is 0.223. The first-order valence-corrected chi connectivity index (χ1v) is 13.3. The molecule has 182 valence electrons. The lowest BCUT2D eigenvalue weighted by Gasteiger charge is -2.18. The van der Waals surface area contributed by atoms with Gasteiger partial charge in [0.2, 0.25) is 0 Å². The molecule has 2 heteroatoms. The summed E-state index contributed by atoms with van der Waals surface area (Å²) in [7, 11) is 0. The normalized spacial score (nSPS) is 11.6. The van der Waals surface area contributed by atoms with Crippen molar-refractivity contribution in [2.45, 2.75) is 0 Å². The average molecular weight is 497 g/mol. The Labute approximate surface area is 226 Å². The Morgan fingerprint density at radius 1 is 0.385 bits per heavy atom. The molecule has 8 aromatic rings. The minimum atomic E-state index is 1.16. The number of fused-ring (bicyclic) bond motifs is 5. The molecule has 0 aliphatic carbocycles. The summed E-state index contributed by atoms with van der Waals surface area (Å²) in [5, 5.41) is 7.55. The smallest absolute Gasteiger partial charge is 0.0541 e. The lowest BCUT2D eigenvalue weighted by atomic mass is 9.86. The third-order valence-corrected chi connectivity index (χ3v) is 7.87. The van der Waals surface area contributed by atoms with Crippen molar-refractivity contribution in [2.24, 2.45) is 0 Å². The zero-order valence-corrected chi connectivity index (χ0v) is 21.3. The topological polar surface area (TPSA) is 17.8 Å². The zero-order chi connectivity index (χ0) is 25.8. The zero-order valence-electron chi connectivity index (χ0n) is 21.3. The van der Waals surface area contributed by atoms with Crippen molar-refractivity contribution in [2.75, 3.05) is 0 Å². The minimum absolute atomic E-state index is 1.16. The van der Waals surface area contributed by atoms with Crippen molar-refractivity contribution in [3.05, 3.63) is 146 Å². The van der Waals surface area contributed by atoms with Crippen LogP contribution in [-0.4, -0.2) is 9.55 Å². The SMILES string of the molecule is c1cc(-c2c3ccccc3c(-c3ccncc3)c3ccccc23)cc(-n2c3ccccc3c3ccccc32)c1. The highest BCUT2D eigenvalue weighted by Gasteiger charge is 2.17. The molecule has 0 unspecified atom stereocenters.